The van der Waals surface area contributed by atoms with Crippen molar-refractivity contribution < 1.29 is 10.0 Å². The standard InChI is InChI=1S/C11H12N4O3/c1-2-3-14(4-5-16)11-9(7-12)6-10(8-13-11)15(17)18/h2,6,8,16H,1,3-5H2. The molecule has 1 rings (SSSR count). The lowest BCUT2D eigenvalue weighted by molar-refractivity contribution is -0.385. The molecule has 0 aliphatic heterocycles. The molecule has 0 bridgehead atoms. The number of anilines is 1. The monoisotopic (exact) mass is 248 g/mol. The van der Waals surface area contributed by atoms with Crippen molar-refractivity contribution in [2.24, 2.45) is 0 Å². The minimum Gasteiger partial charge on any atom is -0.395 e. The van der Waals surface area contributed by atoms with E-state index in [4.69, 9.17) is 10.4 Å². The smallest absolute Gasteiger partial charge is 0.289 e. The number of nitrogens with zero attached hydrogens (tertiary/aromatic N) is 4. The molecule has 0 aromatic carbocycles. The fourth-order valence-corrected chi connectivity index (χ4v) is 1.44. The van der Waals surface area contributed by atoms with E-state index < -0.39 is 4.92 Å². The van der Waals surface area contributed by atoms with E-state index in [9.17, 15) is 10.1 Å². The highest BCUT2D eigenvalue weighted by molar-refractivity contribution is 5.57. The van der Waals surface area contributed by atoms with Gasteiger partial charge in [0.25, 0.3) is 5.69 Å². The van der Waals surface area contributed by atoms with Gasteiger partial charge in [0.1, 0.15) is 23.6 Å². The minimum absolute atomic E-state index is 0.0968. The van der Waals surface area contributed by atoms with E-state index in [1.54, 1.807) is 11.0 Å². The molecule has 0 saturated heterocycles. The van der Waals surface area contributed by atoms with Gasteiger partial charge in [0, 0.05) is 19.2 Å². The maximum Gasteiger partial charge on any atom is 0.289 e. The molecule has 0 fully saturated rings. The Morgan fingerprint density at radius 3 is 2.94 bits per heavy atom. The van der Waals surface area contributed by atoms with E-state index in [0.29, 0.717) is 12.4 Å². The average molecular weight is 248 g/mol. The van der Waals surface area contributed by atoms with Crippen LogP contribution in [0.15, 0.2) is 24.9 Å². The van der Waals surface area contributed by atoms with E-state index in [2.05, 4.69) is 11.6 Å². The summed E-state index contributed by atoms with van der Waals surface area (Å²) in [5.74, 6) is 0.303. The first kappa shape index (κ1) is 13.6. The molecular formula is C11H12N4O3. The molecule has 94 valence electrons. The number of rotatable bonds is 6. The molecule has 0 unspecified atom stereocenters. The van der Waals surface area contributed by atoms with Crippen LogP contribution in [0.1, 0.15) is 5.56 Å². The van der Waals surface area contributed by atoms with Crippen molar-refractivity contribution in [2.75, 3.05) is 24.6 Å². The summed E-state index contributed by atoms with van der Waals surface area (Å²) in [4.78, 5) is 15.5. The van der Waals surface area contributed by atoms with Crippen molar-refractivity contribution in [3.8, 4) is 6.07 Å². The van der Waals surface area contributed by atoms with Gasteiger partial charge < -0.3 is 10.0 Å². The number of nitriles is 1. The molecule has 0 spiro atoms. The van der Waals surface area contributed by atoms with Gasteiger partial charge in [0.15, 0.2) is 0 Å². The van der Waals surface area contributed by atoms with Crippen molar-refractivity contribution in [3.63, 3.8) is 0 Å². The van der Waals surface area contributed by atoms with E-state index >= 15 is 0 Å². The van der Waals surface area contributed by atoms with Gasteiger partial charge in [-0.1, -0.05) is 6.08 Å². The predicted molar refractivity (Wildman–Crippen MR) is 65.1 cm³/mol. The summed E-state index contributed by atoms with van der Waals surface area (Å²) in [7, 11) is 0. The summed E-state index contributed by atoms with van der Waals surface area (Å²) < 4.78 is 0. The molecule has 7 nitrogen and oxygen atoms in total. The Bertz CT molecular complexity index is 496. The first-order valence-electron chi connectivity index (χ1n) is 5.15. The van der Waals surface area contributed by atoms with Gasteiger partial charge in [0.05, 0.1) is 11.5 Å². The Morgan fingerprint density at radius 1 is 1.72 bits per heavy atom. The SMILES string of the molecule is C=CCN(CCO)c1ncc([N+](=O)[O-])cc1C#N. The number of pyridine rings is 1. The second-order valence-corrected chi connectivity index (χ2v) is 3.39. The van der Waals surface area contributed by atoms with Crippen LogP contribution in [0.25, 0.3) is 0 Å². The second-order valence-electron chi connectivity index (χ2n) is 3.39. The molecular weight excluding hydrogens is 236 g/mol. The molecule has 1 aromatic rings. The Balaban J connectivity index is 3.18. The third-order valence-corrected chi connectivity index (χ3v) is 2.20. The number of nitro groups is 1. The third-order valence-electron chi connectivity index (χ3n) is 2.20. The lowest BCUT2D eigenvalue weighted by Gasteiger charge is -2.21. The predicted octanol–water partition coefficient (Wildman–Crippen LogP) is 0.846. The highest BCUT2D eigenvalue weighted by Gasteiger charge is 2.16. The van der Waals surface area contributed by atoms with E-state index in [1.165, 1.54) is 0 Å². The summed E-state index contributed by atoms with van der Waals surface area (Å²) in [5.41, 5.74) is -0.141. The van der Waals surface area contributed by atoms with Crippen molar-refractivity contribution in [1.29, 1.82) is 5.26 Å². The largest absolute Gasteiger partial charge is 0.395 e. The lowest BCUT2D eigenvalue weighted by Crippen LogP contribution is -2.28. The molecule has 0 saturated carbocycles. The fourth-order valence-electron chi connectivity index (χ4n) is 1.44. The molecule has 18 heavy (non-hydrogen) atoms. The van der Waals surface area contributed by atoms with E-state index in [1.807, 2.05) is 6.07 Å². The molecule has 1 heterocycles. The fraction of sp³-hybridized carbons (Fsp3) is 0.273. The zero-order chi connectivity index (χ0) is 13.5. The molecule has 0 aliphatic carbocycles. The quantitative estimate of drug-likeness (QED) is 0.454. The van der Waals surface area contributed by atoms with Crippen LogP contribution in [0.2, 0.25) is 0 Å². The van der Waals surface area contributed by atoms with Crippen LogP contribution in [-0.4, -0.2) is 34.7 Å². The Kier molecular flexibility index (Phi) is 4.78. The summed E-state index contributed by atoms with van der Waals surface area (Å²) >= 11 is 0. The number of aliphatic hydroxyl groups is 1. The highest BCUT2D eigenvalue weighted by atomic mass is 16.6. The molecule has 7 heteroatoms. The average Bonchev–Trinajstić information content (AvgIpc) is 2.37. The van der Waals surface area contributed by atoms with Crippen molar-refractivity contribution in [3.05, 3.63) is 40.6 Å². The summed E-state index contributed by atoms with van der Waals surface area (Å²) in [6, 6.07) is 3.03. The molecule has 0 amide bonds. The normalized spacial score (nSPS) is 9.56. The highest BCUT2D eigenvalue weighted by Crippen LogP contribution is 2.21. The second kappa shape index (κ2) is 6.32. The molecule has 1 aromatic heterocycles. The molecule has 1 N–H and O–H groups in total. The molecule has 0 atom stereocenters. The number of aromatic nitrogens is 1. The summed E-state index contributed by atoms with van der Waals surface area (Å²) in [5, 5.41) is 28.5. The van der Waals surface area contributed by atoms with Crippen LogP contribution in [-0.2, 0) is 0 Å². The summed E-state index contributed by atoms with van der Waals surface area (Å²) in [6.07, 6.45) is 2.68. The van der Waals surface area contributed by atoms with Gasteiger partial charge in [-0.05, 0) is 0 Å². The number of hydrogen-bond acceptors (Lipinski definition) is 6. The molecule has 0 aliphatic rings. The van der Waals surface area contributed by atoms with Crippen LogP contribution < -0.4 is 4.90 Å². The topological polar surface area (TPSA) is 103 Å². The zero-order valence-electron chi connectivity index (χ0n) is 9.61. The Labute approximate surface area is 104 Å². The maximum absolute atomic E-state index is 10.6. The molecule has 0 radical (unpaired) electrons. The van der Waals surface area contributed by atoms with Crippen LogP contribution in [0.5, 0.6) is 0 Å². The van der Waals surface area contributed by atoms with Crippen molar-refractivity contribution in [2.45, 2.75) is 0 Å². The third kappa shape index (κ3) is 3.02. The van der Waals surface area contributed by atoms with E-state index in [-0.39, 0.29) is 24.4 Å². The van der Waals surface area contributed by atoms with Crippen molar-refractivity contribution >= 4 is 11.5 Å². The van der Waals surface area contributed by atoms with Crippen LogP contribution in [0.3, 0.4) is 0 Å². The summed E-state index contributed by atoms with van der Waals surface area (Å²) in [6.45, 7) is 4.11. The van der Waals surface area contributed by atoms with Gasteiger partial charge >= 0.3 is 0 Å². The first-order valence-corrected chi connectivity index (χ1v) is 5.15. The first-order chi connectivity index (χ1) is 8.63. The lowest BCUT2D eigenvalue weighted by atomic mass is 10.2. The number of aliphatic hydroxyl groups excluding tert-OH is 1. The van der Waals surface area contributed by atoms with Crippen LogP contribution >= 0.6 is 0 Å². The van der Waals surface area contributed by atoms with Crippen LogP contribution in [0, 0.1) is 21.4 Å². The Morgan fingerprint density at radius 2 is 2.44 bits per heavy atom. The zero-order valence-corrected chi connectivity index (χ0v) is 9.61. The van der Waals surface area contributed by atoms with Crippen LogP contribution in [0.4, 0.5) is 11.5 Å². The van der Waals surface area contributed by atoms with Gasteiger partial charge in [0.2, 0.25) is 0 Å². The van der Waals surface area contributed by atoms with Gasteiger partial charge in [-0.3, -0.25) is 10.1 Å². The minimum atomic E-state index is -0.610. The van der Waals surface area contributed by atoms with Gasteiger partial charge in [-0.15, -0.1) is 6.58 Å². The number of hydrogen-bond donors (Lipinski definition) is 1. The van der Waals surface area contributed by atoms with Gasteiger partial charge in [-0.25, -0.2) is 4.98 Å². The van der Waals surface area contributed by atoms with Gasteiger partial charge in [-0.2, -0.15) is 5.26 Å². The maximum atomic E-state index is 10.6. The van der Waals surface area contributed by atoms with E-state index in [0.717, 1.165) is 12.3 Å². The van der Waals surface area contributed by atoms with Crippen molar-refractivity contribution in [1.82, 2.24) is 4.98 Å². The Hall–Kier alpha value is -2.46.